The predicted molar refractivity (Wildman–Crippen MR) is 112 cm³/mol. The maximum atomic E-state index is 12.4. The second-order valence-corrected chi connectivity index (χ2v) is 9.51. The molecule has 0 spiro atoms. The molecule has 6 heteroatoms. The summed E-state index contributed by atoms with van der Waals surface area (Å²) in [5, 5.41) is 2.42. The van der Waals surface area contributed by atoms with E-state index >= 15 is 0 Å². The van der Waals surface area contributed by atoms with Crippen LogP contribution in [0.3, 0.4) is 0 Å². The topological polar surface area (TPSA) is 68.3 Å². The summed E-state index contributed by atoms with van der Waals surface area (Å²) in [4.78, 5) is 46.8. The summed E-state index contributed by atoms with van der Waals surface area (Å²) in [6.07, 6.45) is 3.08. The first-order valence-electron chi connectivity index (χ1n) is 8.81. The van der Waals surface area contributed by atoms with Crippen LogP contribution >= 0.6 is 6.89 Å². The third-order valence-electron chi connectivity index (χ3n) is 5.14. The van der Waals surface area contributed by atoms with Crippen LogP contribution < -0.4 is 5.30 Å². The van der Waals surface area contributed by atoms with Crippen molar-refractivity contribution in [3.05, 3.63) is 100 Å². The van der Waals surface area contributed by atoms with Gasteiger partial charge in [-0.05, 0) is 22.3 Å². The van der Waals surface area contributed by atoms with Crippen molar-refractivity contribution in [1.29, 1.82) is 0 Å². The summed E-state index contributed by atoms with van der Waals surface area (Å²) in [7, 11) is 0. The van der Waals surface area contributed by atoms with Gasteiger partial charge in [0.2, 0.25) is 0 Å². The summed E-state index contributed by atoms with van der Waals surface area (Å²) in [6.45, 7) is -2.63. The first kappa shape index (κ1) is 21.5. The van der Waals surface area contributed by atoms with Crippen molar-refractivity contribution in [1.82, 2.24) is 0 Å². The van der Waals surface area contributed by atoms with E-state index in [0.717, 1.165) is 21.5 Å². The van der Waals surface area contributed by atoms with E-state index in [4.69, 9.17) is 0 Å². The van der Waals surface area contributed by atoms with Crippen molar-refractivity contribution < 1.29 is 36.2 Å². The van der Waals surface area contributed by atoms with E-state index in [9.17, 15) is 19.2 Å². The molecular formula is C24H13FeO4P. The molecule has 0 amide bonds. The van der Waals surface area contributed by atoms with Crippen LogP contribution in [0, 0.1) is 5.92 Å². The van der Waals surface area contributed by atoms with E-state index in [2.05, 4.69) is 5.66 Å². The van der Waals surface area contributed by atoms with Crippen molar-refractivity contribution in [2.45, 2.75) is 0 Å². The van der Waals surface area contributed by atoms with Crippen LogP contribution in [0.15, 0.2) is 94.8 Å². The normalized spacial score (nSPS) is 21.7. The fraction of sp³-hybridized carbons (Fsp3) is 0.0417. The van der Waals surface area contributed by atoms with Gasteiger partial charge in [0.05, 0.1) is 23.6 Å². The Morgan fingerprint density at radius 1 is 0.767 bits per heavy atom. The molecule has 0 N–H and O–H groups in total. The van der Waals surface area contributed by atoms with Crippen molar-refractivity contribution in [3.63, 3.8) is 0 Å². The summed E-state index contributed by atoms with van der Waals surface area (Å²) >= 11 is 0. The van der Waals surface area contributed by atoms with Crippen LogP contribution in [0.2, 0.25) is 0 Å². The third kappa shape index (κ3) is 3.15. The van der Waals surface area contributed by atoms with E-state index in [1.54, 1.807) is 23.9 Å². The van der Waals surface area contributed by atoms with Gasteiger partial charge in [-0.15, -0.1) is 0 Å². The average Bonchev–Trinajstić information content (AvgIpc) is 3.49. The summed E-state index contributed by atoms with van der Waals surface area (Å²) < 4.78 is 0. The van der Waals surface area contributed by atoms with Gasteiger partial charge in [0.15, 0.2) is 0 Å². The second-order valence-electron chi connectivity index (χ2n) is 6.54. The molecule has 0 fully saturated rings. The molecule has 2 aromatic rings. The van der Waals surface area contributed by atoms with E-state index in [-0.39, 0.29) is 33.8 Å². The Balaban J connectivity index is 0.00000256. The van der Waals surface area contributed by atoms with Crippen LogP contribution in [0.4, 0.5) is 0 Å². The van der Waals surface area contributed by atoms with Gasteiger partial charge in [0, 0.05) is 28.3 Å². The Bertz CT molecular complexity index is 1310. The molecule has 2 atom stereocenters. The zero-order valence-electron chi connectivity index (χ0n) is 15.4. The molecule has 4 nitrogen and oxygen atoms in total. The molecular weight excluding hydrogens is 439 g/mol. The molecule has 0 aromatic heterocycles. The maximum Gasteiger partial charge on any atom is 0.134 e. The quantitative estimate of drug-likeness (QED) is 0.408. The zero-order chi connectivity index (χ0) is 20.4. The molecule has 2 unspecified atom stereocenters. The smallest absolute Gasteiger partial charge is 0.134 e. The van der Waals surface area contributed by atoms with Crippen LogP contribution in [0.5, 0.6) is 0 Å². The molecule has 0 bridgehead atoms. The Hall–Kier alpha value is -3.20. The maximum absolute atomic E-state index is 12.4. The van der Waals surface area contributed by atoms with Gasteiger partial charge in [0.25, 0.3) is 0 Å². The molecule has 2 aromatic carbocycles. The monoisotopic (exact) mass is 452 g/mol. The van der Waals surface area contributed by atoms with Gasteiger partial charge in [-0.2, -0.15) is 0 Å². The van der Waals surface area contributed by atoms with Crippen molar-refractivity contribution in [2.75, 3.05) is 0 Å². The van der Waals surface area contributed by atoms with E-state index in [1.807, 2.05) is 60.7 Å². The molecule has 146 valence electrons. The zero-order valence-corrected chi connectivity index (χ0v) is 17.4. The van der Waals surface area contributed by atoms with Gasteiger partial charge in [-0.25, -0.2) is 19.2 Å². The molecule has 4 rings (SSSR count). The molecule has 30 heavy (non-hydrogen) atoms. The number of carbonyl (C=O) groups excluding carboxylic acids is 4. The summed E-state index contributed by atoms with van der Waals surface area (Å²) in [5.41, 5.74) is 2.95. The minimum atomic E-state index is -2.63. The molecule has 0 saturated carbocycles. The minimum absolute atomic E-state index is 0. The van der Waals surface area contributed by atoms with Gasteiger partial charge in [-0.1, -0.05) is 66.7 Å². The number of allylic oxidation sites excluding steroid dienone is 6. The van der Waals surface area contributed by atoms with E-state index in [1.165, 1.54) is 6.08 Å². The van der Waals surface area contributed by atoms with E-state index in [0.29, 0.717) is 0 Å². The van der Waals surface area contributed by atoms with E-state index < -0.39 is 12.8 Å². The Morgan fingerprint density at radius 3 is 1.93 bits per heavy atom. The van der Waals surface area contributed by atoms with Crippen LogP contribution in [-0.2, 0) is 36.2 Å². The molecule has 1 heterocycles. The molecule has 0 radical (unpaired) electrons. The molecule has 2 aliphatic rings. The van der Waals surface area contributed by atoms with Crippen LogP contribution in [0.1, 0.15) is 5.56 Å². The van der Waals surface area contributed by atoms with Gasteiger partial charge < -0.3 is 0 Å². The third-order valence-corrected chi connectivity index (χ3v) is 8.66. The van der Waals surface area contributed by atoms with Crippen LogP contribution in [0.25, 0.3) is 5.31 Å². The fourth-order valence-corrected chi connectivity index (χ4v) is 7.55. The molecule has 0 saturated heterocycles. The second kappa shape index (κ2) is 8.66. The van der Waals surface area contributed by atoms with Crippen LogP contribution in [-0.4, -0.2) is 23.5 Å². The van der Waals surface area contributed by atoms with Gasteiger partial charge >= 0.3 is 0 Å². The Kier molecular flexibility index (Phi) is 6.21. The van der Waals surface area contributed by atoms with Gasteiger partial charge in [0.1, 0.15) is 23.5 Å². The summed E-state index contributed by atoms with van der Waals surface area (Å²) in [5.74, 6) is 4.47. The standard InChI is InChI=1S/C24H13O4P.Fe/c25-13-18-11-12-20(22(15-27)21(18)14-26)24-23(17-7-3-1-4-8-17)29(24,16-28)19-9-5-2-6-10-19;/h1-12,20H;. The number of rotatable bonds is 3. The number of hydrogen-bond acceptors (Lipinski definition) is 4. The van der Waals surface area contributed by atoms with Crippen molar-refractivity contribution >= 4 is 41.0 Å². The first-order valence-corrected chi connectivity index (χ1v) is 10.6. The molecule has 1 aliphatic carbocycles. The first-order chi connectivity index (χ1) is 14.2. The fourth-order valence-electron chi connectivity index (χ4n) is 3.83. The Labute approximate surface area is 183 Å². The predicted octanol–water partition coefficient (Wildman–Crippen LogP) is 3.24. The van der Waals surface area contributed by atoms with Crippen molar-refractivity contribution in [3.8, 4) is 0 Å². The molecule has 1 aliphatic heterocycles. The summed E-state index contributed by atoms with van der Waals surface area (Å²) in [6, 6.07) is 18.8. The number of hydrogen-bond donors (Lipinski definition) is 0. The average molecular weight is 452 g/mol. The SMILES string of the molecule is O=C=C1C=CC(C2=C(c3ccccc3)P2(=C=O)c2ccccc2)C(=C=O)C1=C=O.[Fe]. The Morgan fingerprint density at radius 2 is 1.40 bits per heavy atom. The van der Waals surface area contributed by atoms with Gasteiger partial charge in [-0.3, -0.25) is 0 Å². The van der Waals surface area contributed by atoms with Crippen molar-refractivity contribution in [2.24, 2.45) is 5.92 Å². The number of benzene rings is 2. The largest absolute Gasteiger partial charge is 0.233 e. The minimum Gasteiger partial charge on any atom is -0.233 e.